The van der Waals surface area contributed by atoms with Crippen molar-refractivity contribution in [3.05, 3.63) is 55.0 Å². The maximum absolute atomic E-state index is 12.3. The molecule has 1 aromatic carbocycles. The molecule has 0 fully saturated rings. The zero-order chi connectivity index (χ0) is 20.5. The Labute approximate surface area is 162 Å². The SMILES string of the molecule is COc1ccc([N+]23C=CN=CC2=NC(Nc2ccc(OC(F)(F)F)cc2)=N3)cn1. The number of methoxy groups -OCH3 is 1. The summed E-state index contributed by atoms with van der Waals surface area (Å²) in [5, 5.41) is 7.59. The van der Waals surface area contributed by atoms with Gasteiger partial charge in [-0.2, -0.15) is 4.99 Å². The lowest BCUT2D eigenvalue weighted by atomic mass is 10.3. The molecule has 1 unspecified atom stereocenters. The summed E-state index contributed by atoms with van der Waals surface area (Å²) in [6, 6.07) is 8.78. The minimum Gasteiger partial charge on any atom is -0.481 e. The number of nitrogens with one attached hydrogen (secondary N) is 1. The van der Waals surface area contributed by atoms with Gasteiger partial charge in [-0.15, -0.1) is 13.2 Å². The van der Waals surface area contributed by atoms with E-state index in [1.54, 1.807) is 36.9 Å². The number of hydrogen-bond donors (Lipinski definition) is 1. The third-order valence-corrected chi connectivity index (χ3v) is 4.05. The first-order valence-electron chi connectivity index (χ1n) is 8.30. The Morgan fingerprint density at radius 1 is 1.07 bits per heavy atom. The Balaban J connectivity index is 1.59. The van der Waals surface area contributed by atoms with E-state index in [9.17, 15) is 13.2 Å². The van der Waals surface area contributed by atoms with Gasteiger partial charge in [0.25, 0.3) is 11.8 Å². The predicted molar refractivity (Wildman–Crippen MR) is 102 cm³/mol. The zero-order valence-corrected chi connectivity index (χ0v) is 15.0. The van der Waals surface area contributed by atoms with Crippen LogP contribution in [-0.2, 0) is 0 Å². The van der Waals surface area contributed by atoms with Crippen LogP contribution in [0.1, 0.15) is 0 Å². The summed E-state index contributed by atoms with van der Waals surface area (Å²) < 4.78 is 45.7. The molecule has 8 nitrogen and oxygen atoms in total. The van der Waals surface area contributed by atoms with Crippen molar-refractivity contribution in [2.24, 2.45) is 15.1 Å². The monoisotopic (exact) mass is 403 g/mol. The topological polar surface area (TPSA) is 80.5 Å². The summed E-state index contributed by atoms with van der Waals surface area (Å²) in [6.45, 7) is 0. The number of anilines is 1. The summed E-state index contributed by atoms with van der Waals surface area (Å²) >= 11 is 0. The van der Waals surface area contributed by atoms with E-state index in [0.29, 0.717) is 23.1 Å². The molecule has 1 atom stereocenters. The molecule has 3 heterocycles. The van der Waals surface area contributed by atoms with Crippen LogP contribution < -0.4 is 19.4 Å². The third-order valence-electron chi connectivity index (χ3n) is 4.05. The van der Waals surface area contributed by atoms with Crippen molar-refractivity contribution in [3.63, 3.8) is 0 Å². The first-order chi connectivity index (χ1) is 13.9. The summed E-state index contributed by atoms with van der Waals surface area (Å²) in [5.41, 5.74) is 1.20. The van der Waals surface area contributed by atoms with E-state index in [4.69, 9.17) is 4.74 Å². The average molecular weight is 403 g/mol. The largest absolute Gasteiger partial charge is 0.573 e. The number of aromatic nitrogens is 1. The van der Waals surface area contributed by atoms with E-state index in [1.807, 2.05) is 0 Å². The van der Waals surface area contributed by atoms with Crippen LogP contribution in [0.25, 0.3) is 0 Å². The minimum atomic E-state index is -4.74. The molecule has 0 bridgehead atoms. The Morgan fingerprint density at radius 3 is 2.52 bits per heavy atom. The summed E-state index contributed by atoms with van der Waals surface area (Å²) in [7, 11) is 1.52. The van der Waals surface area contributed by atoms with Crippen LogP contribution in [0.15, 0.2) is 70.1 Å². The normalized spacial score (nSPS) is 20.0. The fraction of sp³-hybridized carbons (Fsp3) is 0.111. The number of rotatable bonds is 4. The molecule has 0 amide bonds. The fourth-order valence-electron chi connectivity index (χ4n) is 2.77. The lowest BCUT2D eigenvalue weighted by Gasteiger charge is -2.23. The van der Waals surface area contributed by atoms with Gasteiger partial charge in [0.2, 0.25) is 5.88 Å². The number of guanidine groups is 1. The van der Waals surface area contributed by atoms with Gasteiger partial charge in [0.15, 0.2) is 11.9 Å². The van der Waals surface area contributed by atoms with Crippen molar-refractivity contribution in [1.29, 1.82) is 0 Å². The second kappa shape index (κ2) is 7.02. The number of hydrogen-bond acceptors (Lipinski definition) is 7. The van der Waals surface area contributed by atoms with Crippen molar-refractivity contribution in [2.75, 3.05) is 12.4 Å². The van der Waals surface area contributed by atoms with Crippen LogP contribution in [0.3, 0.4) is 0 Å². The molecule has 0 saturated heterocycles. The van der Waals surface area contributed by atoms with E-state index < -0.39 is 6.36 Å². The van der Waals surface area contributed by atoms with Crippen LogP contribution in [0.4, 0.5) is 24.5 Å². The Morgan fingerprint density at radius 2 is 1.86 bits per heavy atom. The average Bonchev–Trinajstić information content (AvgIpc) is 3.07. The van der Waals surface area contributed by atoms with E-state index in [2.05, 4.69) is 30.1 Å². The molecule has 2 aromatic rings. The number of ether oxygens (including phenoxy) is 2. The molecule has 0 aliphatic carbocycles. The highest BCUT2D eigenvalue weighted by atomic mass is 19.4. The van der Waals surface area contributed by atoms with Gasteiger partial charge in [0.1, 0.15) is 12.0 Å². The lowest BCUT2D eigenvalue weighted by Crippen LogP contribution is -2.44. The second-order valence-corrected chi connectivity index (χ2v) is 5.91. The van der Waals surface area contributed by atoms with Crippen molar-refractivity contribution >= 4 is 29.4 Å². The number of amidine groups is 1. The van der Waals surface area contributed by atoms with Gasteiger partial charge in [-0.1, -0.05) is 4.59 Å². The number of halogens is 3. The van der Waals surface area contributed by atoms with E-state index in [0.717, 1.165) is 0 Å². The molecule has 0 radical (unpaired) electrons. The molecular weight excluding hydrogens is 389 g/mol. The molecule has 1 aromatic heterocycles. The van der Waals surface area contributed by atoms with Gasteiger partial charge in [0, 0.05) is 17.8 Å². The van der Waals surface area contributed by atoms with Gasteiger partial charge >= 0.3 is 6.36 Å². The van der Waals surface area contributed by atoms with Crippen LogP contribution in [-0.4, -0.2) is 36.5 Å². The third kappa shape index (κ3) is 3.80. The molecule has 148 valence electrons. The number of alkyl halides is 3. The van der Waals surface area contributed by atoms with Gasteiger partial charge in [-0.05, 0) is 29.4 Å². The predicted octanol–water partition coefficient (Wildman–Crippen LogP) is 3.65. The highest BCUT2D eigenvalue weighted by Crippen LogP contribution is 2.31. The van der Waals surface area contributed by atoms with Crippen LogP contribution in [0, 0.1) is 0 Å². The Hall–Kier alpha value is -3.73. The van der Waals surface area contributed by atoms with Crippen molar-refractivity contribution in [1.82, 2.24) is 9.58 Å². The van der Waals surface area contributed by atoms with Gasteiger partial charge < -0.3 is 14.8 Å². The van der Waals surface area contributed by atoms with E-state index >= 15 is 0 Å². The highest BCUT2D eigenvalue weighted by molar-refractivity contribution is 6.38. The van der Waals surface area contributed by atoms with Gasteiger partial charge in [0.05, 0.1) is 19.5 Å². The summed E-state index contributed by atoms with van der Waals surface area (Å²) in [6.07, 6.45) is 1.78. The second-order valence-electron chi connectivity index (χ2n) is 5.91. The lowest BCUT2D eigenvalue weighted by molar-refractivity contribution is -0.274. The van der Waals surface area contributed by atoms with E-state index in [1.165, 1.54) is 31.4 Å². The minimum absolute atomic E-state index is 0.0852. The number of aliphatic imine (C=N–C) groups is 2. The van der Waals surface area contributed by atoms with Crippen LogP contribution in [0.5, 0.6) is 11.6 Å². The van der Waals surface area contributed by atoms with Crippen molar-refractivity contribution in [2.45, 2.75) is 6.36 Å². The number of pyridine rings is 1. The first-order valence-corrected chi connectivity index (χ1v) is 8.30. The zero-order valence-electron chi connectivity index (χ0n) is 15.0. The summed E-state index contributed by atoms with van der Waals surface area (Å²) in [4.78, 5) is 12.7. The molecule has 0 saturated carbocycles. The molecular formula is C18H14F3N6O2+. The Bertz CT molecular complexity index is 1030. The quantitative estimate of drug-likeness (QED) is 0.791. The summed E-state index contributed by atoms with van der Waals surface area (Å²) in [5.74, 6) is 0.933. The number of nitrogens with zero attached hydrogens (tertiary/aromatic N) is 5. The number of quaternary nitrogens is 1. The molecule has 29 heavy (non-hydrogen) atoms. The molecule has 2 aliphatic heterocycles. The molecule has 1 N–H and O–H groups in total. The number of benzene rings is 1. The Kier molecular flexibility index (Phi) is 4.51. The van der Waals surface area contributed by atoms with Gasteiger partial charge in [-0.3, -0.25) is 4.99 Å². The van der Waals surface area contributed by atoms with Crippen molar-refractivity contribution < 1.29 is 22.6 Å². The van der Waals surface area contributed by atoms with E-state index in [-0.39, 0.29) is 16.3 Å². The molecule has 2 aliphatic rings. The maximum atomic E-state index is 12.3. The molecule has 4 rings (SSSR count). The maximum Gasteiger partial charge on any atom is 0.573 e. The first kappa shape index (κ1) is 18.6. The fourth-order valence-corrected chi connectivity index (χ4v) is 2.77. The molecule has 11 heteroatoms. The van der Waals surface area contributed by atoms with Gasteiger partial charge in [-0.25, -0.2) is 4.98 Å². The standard InChI is InChI=1S/C18H14F3N6O2/c1-28-16-7-4-13(10-23-16)27-9-8-22-11-15(27)25-17(26-27)24-12-2-5-14(6-3-12)29-18(19,20)21/h2-11H,1H3,(H,24,26)/q+1. The van der Waals surface area contributed by atoms with Crippen molar-refractivity contribution in [3.8, 4) is 11.6 Å². The molecule has 0 spiro atoms. The highest BCUT2D eigenvalue weighted by Gasteiger charge is 2.43. The smallest absolute Gasteiger partial charge is 0.481 e. The van der Waals surface area contributed by atoms with Crippen LogP contribution >= 0.6 is 0 Å². The number of fused-ring (bicyclic) bond motifs is 1. The van der Waals surface area contributed by atoms with Crippen LogP contribution in [0.2, 0.25) is 0 Å².